The first-order chi connectivity index (χ1) is 8.81. The summed E-state index contributed by atoms with van der Waals surface area (Å²) in [6.45, 7) is 0.688. The zero-order valence-corrected chi connectivity index (χ0v) is 10.5. The molecule has 0 amide bonds. The first kappa shape index (κ1) is 13.1. The molecule has 1 aromatic rings. The van der Waals surface area contributed by atoms with Gasteiger partial charge in [0.15, 0.2) is 12.4 Å². The fourth-order valence-corrected chi connectivity index (χ4v) is 1.98. The highest BCUT2D eigenvalue weighted by Gasteiger charge is 2.27. The first-order valence-electron chi connectivity index (χ1n) is 6.21. The maximum absolute atomic E-state index is 11.8. The van der Waals surface area contributed by atoms with Crippen molar-refractivity contribution in [3.8, 4) is 0 Å². The largest absolute Gasteiger partial charge is 0.467 e. The van der Waals surface area contributed by atoms with Crippen LogP contribution in [0, 0.1) is 0 Å². The molecule has 1 fully saturated rings. The number of methoxy groups -OCH3 is 1. The summed E-state index contributed by atoms with van der Waals surface area (Å²) in [5.41, 5.74) is 0.790. The molecule has 1 heterocycles. The molecule has 98 valence electrons. The SMILES string of the molecule is COC(=O)[C@@H](OC1CCCCO1)c1ccccc1. The van der Waals surface area contributed by atoms with Gasteiger partial charge in [0.2, 0.25) is 0 Å². The molecule has 2 rings (SSSR count). The van der Waals surface area contributed by atoms with Gasteiger partial charge in [0.25, 0.3) is 0 Å². The number of hydrogen-bond donors (Lipinski definition) is 0. The van der Waals surface area contributed by atoms with Crippen molar-refractivity contribution in [3.63, 3.8) is 0 Å². The van der Waals surface area contributed by atoms with Crippen LogP contribution in [0.5, 0.6) is 0 Å². The van der Waals surface area contributed by atoms with Gasteiger partial charge in [0.1, 0.15) is 0 Å². The fourth-order valence-electron chi connectivity index (χ4n) is 1.98. The molecule has 4 heteroatoms. The van der Waals surface area contributed by atoms with Gasteiger partial charge in [-0.3, -0.25) is 0 Å². The highest BCUT2D eigenvalue weighted by atomic mass is 16.7. The molecule has 0 N–H and O–H groups in total. The minimum atomic E-state index is -0.709. The third-order valence-corrected chi connectivity index (χ3v) is 2.94. The summed E-state index contributed by atoms with van der Waals surface area (Å²) >= 11 is 0. The van der Waals surface area contributed by atoms with Crippen LogP contribution in [0.25, 0.3) is 0 Å². The quantitative estimate of drug-likeness (QED) is 0.770. The van der Waals surface area contributed by atoms with E-state index in [4.69, 9.17) is 14.2 Å². The van der Waals surface area contributed by atoms with E-state index in [1.54, 1.807) is 0 Å². The van der Waals surface area contributed by atoms with Gasteiger partial charge in [-0.15, -0.1) is 0 Å². The van der Waals surface area contributed by atoms with Gasteiger partial charge < -0.3 is 14.2 Å². The molecule has 1 aromatic carbocycles. The Bertz CT molecular complexity index is 371. The first-order valence-corrected chi connectivity index (χ1v) is 6.21. The van der Waals surface area contributed by atoms with Gasteiger partial charge in [0.05, 0.1) is 7.11 Å². The molecule has 0 spiro atoms. The lowest BCUT2D eigenvalue weighted by atomic mass is 10.1. The lowest BCUT2D eigenvalue weighted by Crippen LogP contribution is -2.28. The molecular weight excluding hydrogens is 232 g/mol. The molecule has 1 aliphatic rings. The number of benzene rings is 1. The molecule has 0 aliphatic carbocycles. The van der Waals surface area contributed by atoms with Gasteiger partial charge in [-0.1, -0.05) is 30.3 Å². The van der Waals surface area contributed by atoms with E-state index in [2.05, 4.69) is 0 Å². The monoisotopic (exact) mass is 250 g/mol. The van der Waals surface area contributed by atoms with Crippen molar-refractivity contribution >= 4 is 5.97 Å². The van der Waals surface area contributed by atoms with Crippen LogP contribution in [0.15, 0.2) is 30.3 Å². The molecule has 1 aliphatic heterocycles. The molecule has 18 heavy (non-hydrogen) atoms. The summed E-state index contributed by atoms with van der Waals surface area (Å²) in [7, 11) is 1.36. The summed E-state index contributed by atoms with van der Waals surface area (Å²) in [5, 5.41) is 0. The topological polar surface area (TPSA) is 44.8 Å². The second-order valence-electron chi connectivity index (χ2n) is 4.25. The van der Waals surface area contributed by atoms with Crippen molar-refractivity contribution < 1.29 is 19.0 Å². The number of carbonyl (C=O) groups excluding carboxylic acids is 1. The number of carbonyl (C=O) groups is 1. The maximum atomic E-state index is 11.8. The van der Waals surface area contributed by atoms with Gasteiger partial charge in [-0.05, 0) is 24.8 Å². The molecule has 0 radical (unpaired) electrons. The Morgan fingerprint density at radius 2 is 2.11 bits per heavy atom. The van der Waals surface area contributed by atoms with E-state index in [1.807, 2.05) is 30.3 Å². The van der Waals surface area contributed by atoms with E-state index in [0.717, 1.165) is 24.8 Å². The van der Waals surface area contributed by atoms with Crippen LogP contribution in [0.2, 0.25) is 0 Å². The van der Waals surface area contributed by atoms with Gasteiger partial charge in [0, 0.05) is 6.61 Å². The number of ether oxygens (including phenoxy) is 3. The van der Waals surface area contributed by atoms with E-state index in [0.29, 0.717) is 6.61 Å². The molecule has 1 unspecified atom stereocenters. The average Bonchev–Trinajstić information content (AvgIpc) is 2.46. The van der Waals surface area contributed by atoms with Crippen LogP contribution in [-0.4, -0.2) is 26.0 Å². The van der Waals surface area contributed by atoms with Crippen molar-refractivity contribution in [2.75, 3.05) is 13.7 Å². The van der Waals surface area contributed by atoms with Crippen molar-refractivity contribution in [3.05, 3.63) is 35.9 Å². The Hall–Kier alpha value is -1.39. The highest BCUT2D eigenvalue weighted by Crippen LogP contribution is 2.24. The highest BCUT2D eigenvalue weighted by molar-refractivity contribution is 5.76. The minimum Gasteiger partial charge on any atom is -0.467 e. The Labute approximate surface area is 107 Å². The van der Waals surface area contributed by atoms with Crippen LogP contribution in [0.1, 0.15) is 30.9 Å². The summed E-state index contributed by atoms with van der Waals surface area (Å²) in [4.78, 5) is 11.8. The summed E-state index contributed by atoms with van der Waals surface area (Å²) < 4.78 is 16.0. The second-order valence-corrected chi connectivity index (χ2v) is 4.25. The van der Waals surface area contributed by atoms with Crippen molar-refractivity contribution in [1.29, 1.82) is 0 Å². The van der Waals surface area contributed by atoms with Crippen molar-refractivity contribution in [2.24, 2.45) is 0 Å². The Kier molecular flexibility index (Phi) is 4.73. The summed E-state index contributed by atoms with van der Waals surface area (Å²) in [5.74, 6) is -0.393. The van der Waals surface area contributed by atoms with E-state index < -0.39 is 12.1 Å². The Morgan fingerprint density at radius 1 is 1.33 bits per heavy atom. The molecule has 0 bridgehead atoms. The molecule has 4 nitrogen and oxygen atoms in total. The molecular formula is C14H18O4. The predicted molar refractivity (Wildman–Crippen MR) is 65.9 cm³/mol. The third-order valence-electron chi connectivity index (χ3n) is 2.94. The van der Waals surface area contributed by atoms with Crippen molar-refractivity contribution in [1.82, 2.24) is 0 Å². The van der Waals surface area contributed by atoms with E-state index >= 15 is 0 Å². The maximum Gasteiger partial charge on any atom is 0.339 e. The lowest BCUT2D eigenvalue weighted by Gasteiger charge is -2.26. The third kappa shape index (κ3) is 3.31. The smallest absolute Gasteiger partial charge is 0.339 e. The molecule has 0 saturated carbocycles. The van der Waals surface area contributed by atoms with Crippen LogP contribution in [0.4, 0.5) is 0 Å². The minimum absolute atomic E-state index is 0.317. The zero-order chi connectivity index (χ0) is 12.8. The van der Waals surface area contributed by atoms with E-state index in [9.17, 15) is 4.79 Å². The Morgan fingerprint density at radius 3 is 2.72 bits per heavy atom. The standard InChI is InChI=1S/C14H18O4/c1-16-14(15)13(11-7-3-2-4-8-11)18-12-9-5-6-10-17-12/h2-4,7-8,12-13H,5-6,9-10H2,1H3/t12?,13-/m0/s1. The van der Waals surface area contributed by atoms with E-state index in [-0.39, 0.29) is 6.29 Å². The normalized spacial score (nSPS) is 21.3. The van der Waals surface area contributed by atoms with Crippen LogP contribution in [0.3, 0.4) is 0 Å². The number of esters is 1. The van der Waals surface area contributed by atoms with Gasteiger partial charge >= 0.3 is 5.97 Å². The van der Waals surface area contributed by atoms with Gasteiger partial charge in [-0.25, -0.2) is 4.79 Å². The van der Waals surface area contributed by atoms with Crippen molar-refractivity contribution in [2.45, 2.75) is 31.7 Å². The van der Waals surface area contributed by atoms with Crippen LogP contribution in [-0.2, 0) is 19.0 Å². The summed E-state index contributed by atoms with van der Waals surface area (Å²) in [6, 6.07) is 9.34. The molecule has 0 aromatic heterocycles. The van der Waals surface area contributed by atoms with Crippen LogP contribution < -0.4 is 0 Å². The second kappa shape index (κ2) is 6.52. The molecule has 2 atom stereocenters. The number of hydrogen-bond acceptors (Lipinski definition) is 4. The Balaban J connectivity index is 2.07. The van der Waals surface area contributed by atoms with Gasteiger partial charge in [-0.2, -0.15) is 0 Å². The lowest BCUT2D eigenvalue weighted by molar-refractivity contribution is -0.204. The average molecular weight is 250 g/mol. The van der Waals surface area contributed by atoms with Crippen LogP contribution >= 0.6 is 0 Å². The fraction of sp³-hybridized carbons (Fsp3) is 0.500. The molecule has 1 saturated heterocycles. The summed E-state index contributed by atoms with van der Waals surface area (Å²) in [6.07, 6.45) is 1.91. The van der Waals surface area contributed by atoms with E-state index in [1.165, 1.54) is 7.11 Å². The number of rotatable bonds is 4. The predicted octanol–water partition coefficient (Wildman–Crippen LogP) is 2.44. The zero-order valence-electron chi connectivity index (χ0n) is 10.5.